The van der Waals surface area contributed by atoms with Crippen molar-refractivity contribution >= 4 is 0 Å². The molecule has 0 bridgehead atoms. The highest BCUT2D eigenvalue weighted by molar-refractivity contribution is 4.83. The van der Waals surface area contributed by atoms with Crippen molar-refractivity contribution in [3.63, 3.8) is 0 Å². The molecular weight excluding hydrogens is 150 g/mol. The summed E-state index contributed by atoms with van der Waals surface area (Å²) in [6.07, 6.45) is 3.71. The van der Waals surface area contributed by atoms with Crippen molar-refractivity contribution in [2.75, 3.05) is 0 Å². The normalized spacial score (nSPS) is 37.2. The van der Waals surface area contributed by atoms with Crippen molar-refractivity contribution in [2.24, 2.45) is 17.8 Å². The van der Waals surface area contributed by atoms with E-state index in [4.69, 9.17) is 5.21 Å². The van der Waals surface area contributed by atoms with Gasteiger partial charge in [0.05, 0.1) is 0 Å². The molecule has 0 aromatic heterocycles. The molecule has 3 atom stereocenters. The van der Waals surface area contributed by atoms with Crippen LogP contribution in [0.3, 0.4) is 0 Å². The zero-order valence-corrected chi connectivity index (χ0v) is 8.38. The van der Waals surface area contributed by atoms with Gasteiger partial charge in [0.2, 0.25) is 0 Å². The molecule has 72 valence electrons. The van der Waals surface area contributed by atoms with Crippen LogP contribution in [0.4, 0.5) is 0 Å². The van der Waals surface area contributed by atoms with E-state index in [-0.39, 0.29) is 0 Å². The minimum Gasteiger partial charge on any atom is -0.317 e. The molecule has 0 aromatic rings. The molecule has 1 fully saturated rings. The summed E-state index contributed by atoms with van der Waals surface area (Å²) in [7, 11) is 0. The van der Waals surface area contributed by atoms with E-state index < -0.39 is 0 Å². The summed E-state index contributed by atoms with van der Waals surface area (Å²) in [5.41, 5.74) is 2.47. The van der Waals surface area contributed by atoms with Crippen LogP contribution >= 0.6 is 0 Å². The van der Waals surface area contributed by atoms with Gasteiger partial charge in [0.1, 0.15) is 0 Å². The zero-order chi connectivity index (χ0) is 9.14. The van der Waals surface area contributed by atoms with Crippen molar-refractivity contribution in [3.05, 3.63) is 0 Å². The van der Waals surface area contributed by atoms with Gasteiger partial charge in [-0.25, -0.2) is 5.48 Å². The Morgan fingerprint density at radius 2 is 2.00 bits per heavy atom. The van der Waals surface area contributed by atoms with Gasteiger partial charge in [-0.15, -0.1) is 0 Å². The first-order valence-corrected chi connectivity index (χ1v) is 5.04. The maximum Gasteiger partial charge on any atom is 0.0352 e. The van der Waals surface area contributed by atoms with Crippen LogP contribution < -0.4 is 5.48 Å². The summed E-state index contributed by atoms with van der Waals surface area (Å²) in [6.45, 7) is 6.75. The summed E-state index contributed by atoms with van der Waals surface area (Å²) in [5, 5.41) is 8.98. The predicted molar refractivity (Wildman–Crippen MR) is 50.1 cm³/mol. The average molecular weight is 171 g/mol. The van der Waals surface area contributed by atoms with E-state index in [2.05, 4.69) is 26.3 Å². The van der Waals surface area contributed by atoms with Gasteiger partial charge in [-0.1, -0.05) is 27.2 Å². The average Bonchev–Trinajstić information content (AvgIpc) is 2.03. The molecule has 0 amide bonds. The van der Waals surface area contributed by atoms with Crippen LogP contribution in [-0.2, 0) is 0 Å². The quantitative estimate of drug-likeness (QED) is 0.625. The Hall–Kier alpha value is -0.0800. The highest BCUT2D eigenvalue weighted by Gasteiger charge is 2.29. The third kappa shape index (κ3) is 2.20. The van der Waals surface area contributed by atoms with Gasteiger partial charge < -0.3 is 5.21 Å². The van der Waals surface area contributed by atoms with Crippen molar-refractivity contribution in [3.8, 4) is 0 Å². The number of hydrogen-bond donors (Lipinski definition) is 2. The molecule has 0 radical (unpaired) electrons. The molecule has 0 spiro atoms. The fraction of sp³-hybridized carbons (Fsp3) is 1.00. The lowest BCUT2D eigenvalue weighted by Gasteiger charge is -2.36. The maximum atomic E-state index is 8.98. The van der Waals surface area contributed by atoms with Gasteiger partial charge in [0.15, 0.2) is 0 Å². The van der Waals surface area contributed by atoms with Gasteiger partial charge in [-0.3, -0.25) is 0 Å². The van der Waals surface area contributed by atoms with Crippen LogP contribution in [0, 0.1) is 17.8 Å². The number of nitrogens with one attached hydrogen (secondary N) is 1. The molecule has 1 saturated carbocycles. The molecule has 0 aromatic carbocycles. The lowest BCUT2D eigenvalue weighted by atomic mass is 9.74. The number of rotatable bonds is 2. The van der Waals surface area contributed by atoms with E-state index in [0.29, 0.717) is 17.9 Å². The molecule has 1 aliphatic carbocycles. The molecule has 0 aliphatic heterocycles. The summed E-state index contributed by atoms with van der Waals surface area (Å²) >= 11 is 0. The van der Waals surface area contributed by atoms with Gasteiger partial charge in [0.25, 0.3) is 0 Å². The molecule has 12 heavy (non-hydrogen) atoms. The third-order valence-corrected chi connectivity index (χ3v) is 3.19. The second-order valence-corrected chi connectivity index (χ2v) is 4.56. The molecule has 0 saturated heterocycles. The second kappa shape index (κ2) is 4.24. The smallest absolute Gasteiger partial charge is 0.0352 e. The molecule has 0 heterocycles. The largest absolute Gasteiger partial charge is 0.317 e. The molecule has 1 aliphatic rings. The zero-order valence-electron chi connectivity index (χ0n) is 8.38. The van der Waals surface area contributed by atoms with Crippen LogP contribution in [0.5, 0.6) is 0 Å². The lowest BCUT2D eigenvalue weighted by Crippen LogP contribution is -2.41. The molecule has 2 N–H and O–H groups in total. The van der Waals surface area contributed by atoms with E-state index in [0.717, 1.165) is 12.3 Å². The van der Waals surface area contributed by atoms with E-state index in [1.54, 1.807) is 0 Å². The van der Waals surface area contributed by atoms with E-state index >= 15 is 0 Å². The van der Waals surface area contributed by atoms with Crippen molar-refractivity contribution in [1.29, 1.82) is 0 Å². The first-order chi connectivity index (χ1) is 5.65. The Labute approximate surface area is 75.3 Å². The fourth-order valence-corrected chi connectivity index (χ4v) is 2.35. The Balaban J connectivity index is 2.50. The topological polar surface area (TPSA) is 32.3 Å². The van der Waals surface area contributed by atoms with Crippen LogP contribution in [0.25, 0.3) is 0 Å². The van der Waals surface area contributed by atoms with E-state index in [1.165, 1.54) is 12.8 Å². The number of hydroxylamine groups is 1. The monoisotopic (exact) mass is 171 g/mol. The first-order valence-electron chi connectivity index (χ1n) is 5.04. The summed E-state index contributed by atoms with van der Waals surface area (Å²) in [5.74, 6) is 2.11. The van der Waals surface area contributed by atoms with Crippen molar-refractivity contribution in [1.82, 2.24) is 5.48 Å². The fourth-order valence-electron chi connectivity index (χ4n) is 2.35. The van der Waals surface area contributed by atoms with E-state index in [1.807, 2.05) is 0 Å². The SMILES string of the molecule is CC1CCC(C(C)C)C(NO)C1. The summed E-state index contributed by atoms with van der Waals surface area (Å²) in [6, 6.07) is 0.328. The number of hydrogen-bond acceptors (Lipinski definition) is 2. The molecule has 1 rings (SSSR count). The van der Waals surface area contributed by atoms with Gasteiger partial charge >= 0.3 is 0 Å². The van der Waals surface area contributed by atoms with Crippen LogP contribution in [0.15, 0.2) is 0 Å². The van der Waals surface area contributed by atoms with Gasteiger partial charge in [-0.2, -0.15) is 0 Å². The van der Waals surface area contributed by atoms with Gasteiger partial charge in [0, 0.05) is 6.04 Å². The first kappa shape index (κ1) is 10.0. The molecular formula is C10H21NO. The van der Waals surface area contributed by atoms with Crippen molar-refractivity contribution in [2.45, 2.75) is 46.1 Å². The highest BCUT2D eigenvalue weighted by atomic mass is 16.5. The lowest BCUT2D eigenvalue weighted by molar-refractivity contribution is 0.0463. The maximum absolute atomic E-state index is 8.98. The molecule has 3 unspecified atom stereocenters. The van der Waals surface area contributed by atoms with Crippen LogP contribution in [0.2, 0.25) is 0 Å². The molecule has 2 heteroatoms. The van der Waals surface area contributed by atoms with Crippen LogP contribution in [0.1, 0.15) is 40.0 Å². The Bertz CT molecular complexity index is 136. The van der Waals surface area contributed by atoms with E-state index in [9.17, 15) is 0 Å². The Morgan fingerprint density at radius 3 is 2.50 bits per heavy atom. The minimum atomic E-state index is 0.328. The minimum absolute atomic E-state index is 0.328. The predicted octanol–water partition coefficient (Wildman–Crippen LogP) is 2.43. The molecule has 2 nitrogen and oxygen atoms in total. The second-order valence-electron chi connectivity index (χ2n) is 4.56. The van der Waals surface area contributed by atoms with Crippen molar-refractivity contribution < 1.29 is 5.21 Å². The highest BCUT2D eigenvalue weighted by Crippen LogP contribution is 2.32. The Morgan fingerprint density at radius 1 is 1.33 bits per heavy atom. The summed E-state index contributed by atoms with van der Waals surface area (Å²) in [4.78, 5) is 0. The van der Waals surface area contributed by atoms with Gasteiger partial charge in [-0.05, 0) is 30.6 Å². The van der Waals surface area contributed by atoms with Crippen LogP contribution in [-0.4, -0.2) is 11.2 Å². The summed E-state index contributed by atoms with van der Waals surface area (Å²) < 4.78 is 0. The standard InChI is InChI=1S/C10H21NO/c1-7(2)9-5-4-8(3)6-10(9)11-12/h7-12H,4-6H2,1-3H3. The third-order valence-electron chi connectivity index (χ3n) is 3.19. The Kier molecular flexibility index (Phi) is 3.53.